The molecule has 0 radical (unpaired) electrons. The van der Waals surface area contributed by atoms with Crippen LogP contribution in [0.1, 0.15) is 62.6 Å². The fourth-order valence-electron chi connectivity index (χ4n) is 5.09. The number of aromatic nitrogens is 2. The van der Waals surface area contributed by atoms with Gasteiger partial charge in [0.1, 0.15) is 17.4 Å². The lowest BCUT2D eigenvalue weighted by Crippen LogP contribution is -2.45. The molecule has 2 fully saturated rings. The van der Waals surface area contributed by atoms with Crippen LogP contribution in [0.2, 0.25) is 0 Å². The summed E-state index contributed by atoms with van der Waals surface area (Å²) in [6.45, 7) is 0.673. The van der Waals surface area contributed by atoms with Crippen molar-refractivity contribution in [2.45, 2.75) is 62.9 Å². The fraction of sp³-hybridized carbons (Fsp3) is 0.458. The predicted octanol–water partition coefficient (Wildman–Crippen LogP) is 4.02. The third kappa shape index (κ3) is 4.13. The second-order valence-electron chi connectivity index (χ2n) is 8.97. The summed E-state index contributed by atoms with van der Waals surface area (Å²) in [5, 5.41) is 3.11. The van der Waals surface area contributed by atoms with Gasteiger partial charge in [-0.2, -0.15) is 0 Å². The van der Waals surface area contributed by atoms with Crippen molar-refractivity contribution < 1.29 is 18.4 Å². The number of piperidine rings is 1. The third-order valence-electron chi connectivity index (χ3n) is 6.75. The van der Waals surface area contributed by atoms with E-state index in [9.17, 15) is 14.0 Å². The smallest absolute Gasteiger partial charge is 0.223 e. The maximum Gasteiger partial charge on any atom is 0.223 e. The average molecular weight is 439 g/mol. The van der Waals surface area contributed by atoms with Gasteiger partial charge in [0.05, 0.1) is 23.3 Å². The summed E-state index contributed by atoms with van der Waals surface area (Å²) in [7, 11) is 0. The van der Waals surface area contributed by atoms with E-state index in [0.717, 1.165) is 25.0 Å². The van der Waals surface area contributed by atoms with Crippen molar-refractivity contribution in [2.75, 3.05) is 6.54 Å². The molecular weight excluding hydrogens is 411 g/mol. The lowest BCUT2D eigenvalue weighted by Gasteiger charge is -2.36. The highest BCUT2D eigenvalue weighted by atomic mass is 19.1. The molecule has 1 aromatic carbocycles. The maximum absolute atomic E-state index is 13.6. The third-order valence-corrected chi connectivity index (χ3v) is 6.75. The molecule has 8 heteroatoms. The van der Waals surface area contributed by atoms with E-state index in [1.807, 2.05) is 17.0 Å². The number of imidazole rings is 1. The highest BCUT2D eigenvalue weighted by molar-refractivity contribution is 5.81. The van der Waals surface area contributed by atoms with Crippen LogP contribution in [0.4, 0.5) is 4.39 Å². The quantitative estimate of drug-likeness (QED) is 0.608. The Labute approximate surface area is 185 Å². The van der Waals surface area contributed by atoms with E-state index in [2.05, 4.69) is 15.3 Å². The first kappa shape index (κ1) is 20.7. The van der Waals surface area contributed by atoms with Gasteiger partial charge in [-0.3, -0.25) is 9.59 Å². The normalized spacial score (nSPS) is 23.6. The average Bonchev–Trinajstić information content (AvgIpc) is 3.53. The first-order chi connectivity index (χ1) is 15.5. The molecule has 2 saturated heterocycles. The molecule has 5 rings (SSSR count). The van der Waals surface area contributed by atoms with Crippen LogP contribution in [0.3, 0.4) is 0 Å². The van der Waals surface area contributed by atoms with Crippen LogP contribution < -0.4 is 5.32 Å². The summed E-state index contributed by atoms with van der Waals surface area (Å²) in [5.74, 6) is 1.28. The Kier molecular flexibility index (Phi) is 5.45. The van der Waals surface area contributed by atoms with Gasteiger partial charge in [0, 0.05) is 31.3 Å². The molecule has 0 saturated carbocycles. The van der Waals surface area contributed by atoms with Crippen molar-refractivity contribution in [3.8, 4) is 0 Å². The summed E-state index contributed by atoms with van der Waals surface area (Å²) in [5.41, 5.74) is 0.890. The molecule has 2 aliphatic heterocycles. The molecule has 4 heterocycles. The lowest BCUT2D eigenvalue weighted by atomic mass is 9.86. The second kappa shape index (κ2) is 8.41. The summed E-state index contributed by atoms with van der Waals surface area (Å²) >= 11 is 0. The van der Waals surface area contributed by atoms with Crippen molar-refractivity contribution >= 4 is 22.8 Å². The Morgan fingerprint density at radius 1 is 1.31 bits per heavy atom. The highest BCUT2D eigenvalue weighted by Gasteiger charge is 2.40. The van der Waals surface area contributed by atoms with Crippen LogP contribution in [0.25, 0.3) is 11.0 Å². The van der Waals surface area contributed by atoms with Crippen molar-refractivity contribution in [2.24, 2.45) is 0 Å². The zero-order valence-corrected chi connectivity index (χ0v) is 17.9. The van der Waals surface area contributed by atoms with Gasteiger partial charge in [0.2, 0.25) is 11.8 Å². The maximum atomic E-state index is 13.6. The van der Waals surface area contributed by atoms with Gasteiger partial charge in [-0.05, 0) is 62.4 Å². The molecule has 2 unspecified atom stereocenters. The lowest BCUT2D eigenvalue weighted by molar-refractivity contribution is -0.136. The Balaban J connectivity index is 1.32. The largest absolute Gasteiger partial charge is 0.469 e. The minimum absolute atomic E-state index is 0.0226. The van der Waals surface area contributed by atoms with Gasteiger partial charge in [0.25, 0.3) is 0 Å². The molecule has 3 aromatic rings. The number of hydrogen-bond donors (Lipinski definition) is 2. The fourth-order valence-corrected chi connectivity index (χ4v) is 5.09. The van der Waals surface area contributed by atoms with Crippen LogP contribution in [0.5, 0.6) is 0 Å². The number of likely N-dealkylation sites (tertiary alicyclic amines) is 1. The van der Waals surface area contributed by atoms with Gasteiger partial charge in [-0.1, -0.05) is 0 Å². The number of nitrogens with one attached hydrogen (secondary N) is 2. The number of halogens is 1. The first-order valence-electron chi connectivity index (χ1n) is 11.3. The Morgan fingerprint density at radius 2 is 2.22 bits per heavy atom. The van der Waals surface area contributed by atoms with E-state index >= 15 is 0 Å². The number of H-pyrrole nitrogens is 1. The summed E-state index contributed by atoms with van der Waals surface area (Å²) in [6, 6.07) is 8.07. The number of fused-ring (bicyclic) bond motifs is 1. The molecule has 32 heavy (non-hydrogen) atoms. The number of carbonyl (C=O) groups is 2. The Hall–Kier alpha value is -3.16. The molecule has 2 atom stereocenters. The van der Waals surface area contributed by atoms with E-state index in [-0.39, 0.29) is 23.7 Å². The number of nitrogens with zero attached hydrogens (tertiary/aromatic N) is 2. The van der Waals surface area contributed by atoms with E-state index in [1.54, 1.807) is 12.3 Å². The molecule has 2 aromatic heterocycles. The van der Waals surface area contributed by atoms with Crippen LogP contribution >= 0.6 is 0 Å². The van der Waals surface area contributed by atoms with Gasteiger partial charge in [0.15, 0.2) is 0 Å². The molecule has 2 N–H and O–H groups in total. The first-order valence-corrected chi connectivity index (χ1v) is 11.3. The molecule has 7 nitrogen and oxygen atoms in total. The number of benzene rings is 1. The van der Waals surface area contributed by atoms with Crippen molar-refractivity contribution in [1.29, 1.82) is 0 Å². The number of rotatable bonds is 6. The number of amides is 2. The number of carbonyl (C=O) groups excluding carboxylic acids is 2. The van der Waals surface area contributed by atoms with E-state index < -0.39 is 5.54 Å². The highest BCUT2D eigenvalue weighted by Crippen LogP contribution is 2.34. The number of furan rings is 1. The summed E-state index contributed by atoms with van der Waals surface area (Å²) in [6.07, 6.45) is 7.06. The molecular formula is C24H27FN4O3. The number of aromatic amines is 1. The van der Waals surface area contributed by atoms with Gasteiger partial charge in [-0.25, -0.2) is 9.37 Å². The van der Waals surface area contributed by atoms with Crippen molar-refractivity contribution in [3.63, 3.8) is 0 Å². The Bertz CT molecular complexity index is 1130. The SMILES string of the molecule is O=C1CCC(CCC(=O)N2CCCCC2c2nc3ccc(F)cc3[nH]2)(Cc2ccco2)N1. The zero-order chi connectivity index (χ0) is 22.1. The molecule has 2 amide bonds. The molecule has 0 spiro atoms. The molecule has 2 aliphatic rings. The molecule has 168 valence electrons. The summed E-state index contributed by atoms with van der Waals surface area (Å²) in [4.78, 5) is 35.1. The summed E-state index contributed by atoms with van der Waals surface area (Å²) < 4.78 is 19.1. The van der Waals surface area contributed by atoms with Gasteiger partial charge in [-0.15, -0.1) is 0 Å². The van der Waals surface area contributed by atoms with Crippen LogP contribution in [0.15, 0.2) is 41.0 Å². The minimum Gasteiger partial charge on any atom is -0.469 e. The second-order valence-corrected chi connectivity index (χ2v) is 8.97. The standard InChI is InChI=1S/C24H27FN4O3/c25-16-6-7-18-19(14-16)27-23(26-18)20-5-1-2-12-29(20)22(31)9-11-24(10-8-21(30)28-24)15-17-4-3-13-32-17/h3-4,6-7,13-14,20H,1-2,5,8-12,15H2,(H,26,27)(H,28,30). The topological polar surface area (TPSA) is 91.2 Å². The van der Waals surface area contributed by atoms with E-state index in [1.165, 1.54) is 12.1 Å². The van der Waals surface area contributed by atoms with Gasteiger partial charge < -0.3 is 19.6 Å². The van der Waals surface area contributed by atoms with Crippen molar-refractivity contribution in [3.05, 3.63) is 54.0 Å². The van der Waals surface area contributed by atoms with Crippen LogP contribution in [-0.2, 0) is 16.0 Å². The van der Waals surface area contributed by atoms with E-state index in [0.29, 0.717) is 55.5 Å². The van der Waals surface area contributed by atoms with Crippen molar-refractivity contribution in [1.82, 2.24) is 20.2 Å². The van der Waals surface area contributed by atoms with E-state index in [4.69, 9.17) is 4.42 Å². The van der Waals surface area contributed by atoms with Crippen LogP contribution in [0, 0.1) is 5.82 Å². The van der Waals surface area contributed by atoms with Crippen LogP contribution in [-0.4, -0.2) is 38.8 Å². The zero-order valence-electron chi connectivity index (χ0n) is 17.9. The minimum atomic E-state index is -0.452. The predicted molar refractivity (Wildman–Crippen MR) is 116 cm³/mol. The Morgan fingerprint density at radius 3 is 3.00 bits per heavy atom. The molecule has 0 aliphatic carbocycles. The number of hydrogen-bond acceptors (Lipinski definition) is 4. The van der Waals surface area contributed by atoms with Gasteiger partial charge >= 0.3 is 0 Å². The molecule has 0 bridgehead atoms. The monoisotopic (exact) mass is 438 g/mol.